The number of rotatable bonds is 5. The van der Waals surface area contributed by atoms with E-state index < -0.39 is 5.60 Å². The molecule has 0 aliphatic carbocycles. The summed E-state index contributed by atoms with van der Waals surface area (Å²) in [4.78, 5) is 21.2. The van der Waals surface area contributed by atoms with E-state index in [1.807, 2.05) is 27.7 Å². The van der Waals surface area contributed by atoms with Gasteiger partial charge in [0.1, 0.15) is 5.60 Å². The Morgan fingerprint density at radius 2 is 1.86 bits per heavy atom. The van der Waals surface area contributed by atoms with Crippen molar-refractivity contribution in [3.63, 3.8) is 0 Å². The Morgan fingerprint density at radius 1 is 1.29 bits per heavy atom. The zero-order chi connectivity index (χ0) is 11.2. The Bertz CT molecular complexity index is 170. The summed E-state index contributed by atoms with van der Waals surface area (Å²) in [5.41, 5.74) is -0.430. The minimum Gasteiger partial charge on any atom is -0.298 e. The van der Waals surface area contributed by atoms with Gasteiger partial charge in [-0.2, -0.15) is 4.89 Å². The van der Waals surface area contributed by atoms with E-state index in [1.165, 1.54) is 0 Å². The number of carbonyl (C=O) groups excluding carboxylic acids is 1. The Labute approximate surface area is 86.7 Å². The van der Waals surface area contributed by atoms with E-state index in [4.69, 9.17) is 9.78 Å². The van der Waals surface area contributed by atoms with E-state index in [2.05, 4.69) is 6.92 Å². The highest BCUT2D eigenvalue weighted by molar-refractivity contribution is 5.71. The molecule has 0 aliphatic rings. The maximum atomic E-state index is 11.5. The van der Waals surface area contributed by atoms with Gasteiger partial charge in [0.25, 0.3) is 0 Å². The van der Waals surface area contributed by atoms with Crippen LogP contribution in [0, 0.1) is 5.92 Å². The van der Waals surface area contributed by atoms with Crippen LogP contribution in [0.1, 0.15) is 53.9 Å². The van der Waals surface area contributed by atoms with Gasteiger partial charge in [0.2, 0.25) is 0 Å². The Hall–Kier alpha value is -0.570. The van der Waals surface area contributed by atoms with Crippen molar-refractivity contribution in [2.75, 3.05) is 0 Å². The molecule has 0 fully saturated rings. The summed E-state index contributed by atoms with van der Waals surface area (Å²) >= 11 is 0. The minimum absolute atomic E-state index is 0.0256. The molecule has 0 heterocycles. The number of hydrogen-bond acceptors (Lipinski definition) is 3. The van der Waals surface area contributed by atoms with Crippen LogP contribution in [0.2, 0.25) is 0 Å². The van der Waals surface area contributed by atoms with Gasteiger partial charge in [0.05, 0.1) is 5.92 Å². The Balaban J connectivity index is 3.93. The maximum Gasteiger partial charge on any atom is 0.345 e. The fraction of sp³-hybridized carbons (Fsp3) is 0.909. The molecule has 0 bridgehead atoms. The largest absolute Gasteiger partial charge is 0.345 e. The lowest BCUT2D eigenvalue weighted by Crippen LogP contribution is -2.25. The van der Waals surface area contributed by atoms with Crippen molar-refractivity contribution >= 4 is 5.97 Å². The first-order valence-electron chi connectivity index (χ1n) is 5.30. The fourth-order valence-corrected chi connectivity index (χ4v) is 1.07. The average Bonchev–Trinajstić information content (AvgIpc) is 2.09. The van der Waals surface area contributed by atoms with E-state index in [1.54, 1.807) is 0 Å². The quantitative estimate of drug-likeness (QED) is 0.507. The van der Waals surface area contributed by atoms with E-state index in [0.717, 1.165) is 19.3 Å². The molecule has 14 heavy (non-hydrogen) atoms. The van der Waals surface area contributed by atoms with Gasteiger partial charge in [-0.3, -0.25) is 4.89 Å². The van der Waals surface area contributed by atoms with Gasteiger partial charge in [-0.25, -0.2) is 4.79 Å². The van der Waals surface area contributed by atoms with Crippen LogP contribution in [-0.4, -0.2) is 11.6 Å². The second-order valence-corrected chi connectivity index (χ2v) is 4.49. The van der Waals surface area contributed by atoms with Crippen molar-refractivity contribution in [2.24, 2.45) is 5.92 Å². The fourth-order valence-electron chi connectivity index (χ4n) is 1.07. The van der Waals surface area contributed by atoms with Crippen LogP contribution in [0.5, 0.6) is 0 Å². The topological polar surface area (TPSA) is 35.5 Å². The third-order valence-corrected chi connectivity index (χ3v) is 1.84. The van der Waals surface area contributed by atoms with Gasteiger partial charge in [0, 0.05) is 0 Å². The van der Waals surface area contributed by atoms with E-state index in [0.29, 0.717) is 0 Å². The highest BCUT2D eigenvalue weighted by Crippen LogP contribution is 2.15. The van der Waals surface area contributed by atoms with Crippen molar-refractivity contribution in [1.82, 2.24) is 0 Å². The van der Waals surface area contributed by atoms with E-state index >= 15 is 0 Å². The average molecular weight is 202 g/mol. The van der Waals surface area contributed by atoms with Crippen molar-refractivity contribution < 1.29 is 14.6 Å². The van der Waals surface area contributed by atoms with Crippen LogP contribution in [0.4, 0.5) is 0 Å². The van der Waals surface area contributed by atoms with Gasteiger partial charge < -0.3 is 0 Å². The highest BCUT2D eigenvalue weighted by atomic mass is 17.2. The van der Waals surface area contributed by atoms with Crippen LogP contribution < -0.4 is 0 Å². The summed E-state index contributed by atoms with van der Waals surface area (Å²) in [7, 11) is 0. The maximum absolute atomic E-state index is 11.5. The SMILES string of the molecule is CCCC(CC)C(=O)OOC(C)(C)C. The second kappa shape index (κ2) is 6.02. The molecule has 0 aromatic heterocycles. The van der Waals surface area contributed by atoms with E-state index in [-0.39, 0.29) is 11.9 Å². The van der Waals surface area contributed by atoms with Gasteiger partial charge in [-0.05, 0) is 33.6 Å². The van der Waals surface area contributed by atoms with Gasteiger partial charge >= 0.3 is 5.97 Å². The molecule has 0 aromatic carbocycles. The molecule has 0 rings (SSSR count). The van der Waals surface area contributed by atoms with Gasteiger partial charge in [0.15, 0.2) is 0 Å². The molecular weight excluding hydrogens is 180 g/mol. The molecule has 0 amide bonds. The molecule has 84 valence electrons. The molecule has 1 atom stereocenters. The summed E-state index contributed by atoms with van der Waals surface area (Å²) < 4.78 is 0. The predicted octanol–water partition coefficient (Wildman–Crippen LogP) is 3.09. The highest BCUT2D eigenvalue weighted by Gasteiger charge is 2.21. The molecule has 3 heteroatoms. The van der Waals surface area contributed by atoms with Crippen molar-refractivity contribution in [3.8, 4) is 0 Å². The number of carbonyl (C=O) groups is 1. The molecule has 0 saturated heterocycles. The monoisotopic (exact) mass is 202 g/mol. The van der Waals surface area contributed by atoms with Gasteiger partial charge in [-0.1, -0.05) is 20.3 Å². The Kier molecular flexibility index (Phi) is 5.77. The van der Waals surface area contributed by atoms with Crippen LogP contribution in [0.3, 0.4) is 0 Å². The van der Waals surface area contributed by atoms with Crippen LogP contribution in [-0.2, 0) is 14.6 Å². The lowest BCUT2D eigenvalue weighted by atomic mass is 10.0. The molecule has 0 N–H and O–H groups in total. The molecule has 3 nitrogen and oxygen atoms in total. The molecule has 0 aromatic rings. The molecule has 0 spiro atoms. The summed E-state index contributed by atoms with van der Waals surface area (Å²) in [6.45, 7) is 9.59. The normalized spacial score (nSPS) is 13.8. The Morgan fingerprint density at radius 3 is 2.21 bits per heavy atom. The lowest BCUT2D eigenvalue weighted by molar-refractivity contribution is -0.323. The van der Waals surface area contributed by atoms with Crippen molar-refractivity contribution in [2.45, 2.75) is 59.5 Å². The first-order valence-corrected chi connectivity index (χ1v) is 5.30. The third-order valence-electron chi connectivity index (χ3n) is 1.84. The lowest BCUT2D eigenvalue weighted by Gasteiger charge is -2.19. The first kappa shape index (κ1) is 13.4. The van der Waals surface area contributed by atoms with E-state index in [9.17, 15) is 4.79 Å². The summed E-state index contributed by atoms with van der Waals surface area (Å²) in [6.07, 6.45) is 2.66. The molecule has 1 unspecified atom stereocenters. The predicted molar refractivity (Wildman–Crippen MR) is 55.6 cm³/mol. The van der Waals surface area contributed by atoms with Crippen LogP contribution >= 0.6 is 0 Å². The summed E-state index contributed by atoms with van der Waals surface area (Å²) in [5, 5.41) is 0. The van der Waals surface area contributed by atoms with Crippen molar-refractivity contribution in [1.29, 1.82) is 0 Å². The second-order valence-electron chi connectivity index (χ2n) is 4.49. The number of hydrogen-bond donors (Lipinski definition) is 0. The molecule has 0 saturated carbocycles. The van der Waals surface area contributed by atoms with Crippen molar-refractivity contribution in [3.05, 3.63) is 0 Å². The standard InChI is InChI=1S/C11H22O3/c1-6-8-9(7-2)10(12)13-14-11(3,4)5/h9H,6-8H2,1-5H3. The molecule has 0 radical (unpaired) electrons. The smallest absolute Gasteiger partial charge is 0.298 e. The zero-order valence-corrected chi connectivity index (χ0v) is 9.92. The van der Waals surface area contributed by atoms with Gasteiger partial charge in [-0.15, -0.1) is 0 Å². The van der Waals surface area contributed by atoms with Crippen LogP contribution in [0.15, 0.2) is 0 Å². The molecular formula is C11H22O3. The summed E-state index contributed by atoms with van der Waals surface area (Å²) in [6, 6.07) is 0. The third kappa shape index (κ3) is 5.97. The zero-order valence-electron chi connectivity index (χ0n) is 9.92. The summed E-state index contributed by atoms with van der Waals surface area (Å²) in [5.74, 6) is -0.272. The minimum atomic E-state index is -0.430. The first-order chi connectivity index (χ1) is 6.40. The van der Waals surface area contributed by atoms with Crippen LogP contribution in [0.25, 0.3) is 0 Å². The molecule has 0 aliphatic heterocycles.